The Morgan fingerprint density at radius 1 is 1.05 bits per heavy atom. The SMILES string of the molecule is CS(=O)(=O)Nc1cc2nc(-c3ccc(C#Cc4ccc(C(=O)N5CCOCC5)cc4Cl)cc3)cc(C(=O)NN)c2cn1. The number of ether oxygens (including phenoxy) is 1. The number of nitrogen functional groups attached to an aromatic ring is 1. The number of nitrogens with one attached hydrogen (secondary N) is 2. The minimum Gasteiger partial charge on any atom is -0.378 e. The number of pyridine rings is 2. The molecule has 42 heavy (non-hydrogen) atoms. The van der Waals surface area contributed by atoms with Crippen LogP contribution in [0.2, 0.25) is 5.02 Å². The fourth-order valence-electron chi connectivity index (χ4n) is 4.34. The van der Waals surface area contributed by atoms with Crippen molar-refractivity contribution in [2.45, 2.75) is 0 Å². The Hall–Kier alpha value is -4.54. The molecule has 0 aliphatic carbocycles. The molecule has 4 N–H and O–H groups in total. The van der Waals surface area contributed by atoms with Crippen LogP contribution >= 0.6 is 11.6 Å². The maximum absolute atomic E-state index is 12.7. The molecule has 2 aromatic heterocycles. The van der Waals surface area contributed by atoms with E-state index in [0.29, 0.717) is 70.2 Å². The smallest absolute Gasteiger partial charge is 0.265 e. The highest BCUT2D eigenvalue weighted by Gasteiger charge is 2.19. The number of sulfonamides is 1. The van der Waals surface area contributed by atoms with Gasteiger partial charge in [0.2, 0.25) is 10.0 Å². The molecule has 1 saturated heterocycles. The van der Waals surface area contributed by atoms with Crippen molar-refractivity contribution in [3.63, 3.8) is 0 Å². The Kier molecular flexibility index (Phi) is 8.37. The van der Waals surface area contributed by atoms with E-state index < -0.39 is 15.9 Å². The van der Waals surface area contributed by atoms with Crippen LogP contribution in [0.4, 0.5) is 5.82 Å². The van der Waals surface area contributed by atoms with Gasteiger partial charge in [-0.3, -0.25) is 19.7 Å². The molecular formula is C29H25ClN6O5S. The van der Waals surface area contributed by atoms with Crippen LogP contribution in [0.3, 0.4) is 0 Å². The molecule has 1 aliphatic rings. The van der Waals surface area contributed by atoms with Gasteiger partial charge in [0.15, 0.2) is 0 Å². The molecule has 5 rings (SSSR count). The van der Waals surface area contributed by atoms with Crippen LogP contribution in [0, 0.1) is 11.8 Å². The van der Waals surface area contributed by atoms with Crippen molar-refractivity contribution in [2.24, 2.45) is 5.84 Å². The first kappa shape index (κ1) is 29.0. The van der Waals surface area contributed by atoms with E-state index in [-0.39, 0.29) is 17.3 Å². The number of rotatable bonds is 5. The third kappa shape index (κ3) is 6.67. The maximum Gasteiger partial charge on any atom is 0.265 e. The fraction of sp³-hybridized carbons (Fsp3) is 0.172. The number of hydrogen-bond donors (Lipinski definition) is 3. The highest BCUT2D eigenvalue weighted by Crippen LogP contribution is 2.26. The fourth-order valence-corrected chi connectivity index (χ4v) is 5.06. The zero-order valence-corrected chi connectivity index (χ0v) is 23.9. The summed E-state index contributed by atoms with van der Waals surface area (Å²) in [5.41, 5.74) is 5.62. The van der Waals surface area contributed by atoms with E-state index in [4.69, 9.17) is 22.2 Å². The Balaban J connectivity index is 1.40. The van der Waals surface area contributed by atoms with Gasteiger partial charge in [0.1, 0.15) is 5.82 Å². The molecule has 0 bridgehead atoms. The van der Waals surface area contributed by atoms with Gasteiger partial charge in [-0.15, -0.1) is 0 Å². The summed E-state index contributed by atoms with van der Waals surface area (Å²) in [5, 5.41) is 0.779. The number of hydrogen-bond acceptors (Lipinski definition) is 8. The molecule has 0 atom stereocenters. The van der Waals surface area contributed by atoms with E-state index in [1.54, 1.807) is 53.4 Å². The normalized spacial score (nSPS) is 13.3. The van der Waals surface area contributed by atoms with Gasteiger partial charge in [0.05, 0.1) is 41.3 Å². The topological polar surface area (TPSA) is 157 Å². The van der Waals surface area contributed by atoms with Crippen LogP contribution < -0.4 is 16.0 Å². The Morgan fingerprint density at radius 2 is 1.79 bits per heavy atom. The molecular weight excluding hydrogens is 580 g/mol. The molecule has 11 nitrogen and oxygen atoms in total. The molecule has 214 valence electrons. The molecule has 4 aromatic rings. The number of hydrazine groups is 1. The number of nitrogens with two attached hydrogens (primary N) is 1. The number of amides is 2. The number of aromatic nitrogens is 2. The molecule has 2 aromatic carbocycles. The molecule has 0 spiro atoms. The second-order valence-electron chi connectivity index (χ2n) is 9.42. The van der Waals surface area contributed by atoms with Gasteiger partial charge in [0, 0.05) is 53.0 Å². The van der Waals surface area contributed by atoms with Crippen LogP contribution in [0.5, 0.6) is 0 Å². The van der Waals surface area contributed by atoms with Gasteiger partial charge >= 0.3 is 0 Å². The highest BCUT2D eigenvalue weighted by atomic mass is 35.5. The van der Waals surface area contributed by atoms with Gasteiger partial charge in [-0.2, -0.15) is 0 Å². The summed E-state index contributed by atoms with van der Waals surface area (Å²) < 4.78 is 30.9. The summed E-state index contributed by atoms with van der Waals surface area (Å²) in [5.74, 6) is 10.9. The molecule has 13 heteroatoms. The van der Waals surface area contributed by atoms with Crippen LogP contribution in [-0.4, -0.2) is 67.7 Å². The van der Waals surface area contributed by atoms with E-state index in [9.17, 15) is 18.0 Å². The lowest BCUT2D eigenvalue weighted by atomic mass is 10.0. The number of morpholine rings is 1. The molecule has 0 unspecified atom stereocenters. The molecule has 0 radical (unpaired) electrons. The number of halogens is 1. The number of fused-ring (bicyclic) bond motifs is 1. The van der Waals surface area contributed by atoms with Crippen LogP contribution in [0.1, 0.15) is 31.8 Å². The summed E-state index contributed by atoms with van der Waals surface area (Å²) in [4.78, 5) is 35.7. The maximum atomic E-state index is 12.7. The average Bonchev–Trinajstić information content (AvgIpc) is 2.99. The highest BCUT2D eigenvalue weighted by molar-refractivity contribution is 7.92. The quantitative estimate of drug-likeness (QED) is 0.136. The molecule has 3 heterocycles. The van der Waals surface area contributed by atoms with Gasteiger partial charge in [-0.05, 0) is 36.4 Å². The van der Waals surface area contributed by atoms with Gasteiger partial charge in [-0.25, -0.2) is 24.2 Å². The van der Waals surface area contributed by atoms with Crippen molar-refractivity contribution in [3.05, 3.63) is 88.1 Å². The number of carbonyl (C=O) groups excluding carboxylic acids is 2. The largest absolute Gasteiger partial charge is 0.378 e. The Bertz CT molecular complexity index is 1860. The Morgan fingerprint density at radius 3 is 2.45 bits per heavy atom. The lowest BCUT2D eigenvalue weighted by Gasteiger charge is -2.26. The molecule has 0 saturated carbocycles. The molecule has 1 fully saturated rings. The van der Waals surface area contributed by atoms with Gasteiger partial charge in [-0.1, -0.05) is 35.6 Å². The van der Waals surface area contributed by atoms with Crippen molar-refractivity contribution in [1.29, 1.82) is 0 Å². The Labute approximate surface area is 247 Å². The predicted octanol–water partition coefficient (Wildman–Crippen LogP) is 2.80. The van der Waals surface area contributed by atoms with Crippen molar-refractivity contribution in [1.82, 2.24) is 20.3 Å². The van der Waals surface area contributed by atoms with Crippen molar-refractivity contribution >= 4 is 50.2 Å². The van der Waals surface area contributed by atoms with Crippen molar-refractivity contribution in [2.75, 3.05) is 37.3 Å². The summed E-state index contributed by atoms with van der Waals surface area (Å²) >= 11 is 6.44. The van der Waals surface area contributed by atoms with Crippen LogP contribution in [0.15, 0.2) is 60.8 Å². The zero-order chi connectivity index (χ0) is 29.9. The first-order chi connectivity index (χ1) is 20.1. The minimum atomic E-state index is -3.56. The van der Waals surface area contributed by atoms with E-state index in [1.165, 1.54) is 12.3 Å². The summed E-state index contributed by atoms with van der Waals surface area (Å²) in [7, 11) is -3.56. The average molecular weight is 605 g/mol. The summed E-state index contributed by atoms with van der Waals surface area (Å²) in [6, 6.07) is 15.3. The third-order valence-electron chi connectivity index (χ3n) is 6.40. The first-order valence-corrected chi connectivity index (χ1v) is 15.0. The monoisotopic (exact) mass is 604 g/mol. The van der Waals surface area contributed by atoms with E-state index in [1.807, 2.05) is 0 Å². The zero-order valence-electron chi connectivity index (χ0n) is 22.3. The third-order valence-corrected chi connectivity index (χ3v) is 7.29. The van der Waals surface area contributed by atoms with Gasteiger partial charge < -0.3 is 9.64 Å². The first-order valence-electron chi connectivity index (χ1n) is 12.7. The predicted molar refractivity (Wildman–Crippen MR) is 159 cm³/mol. The lowest BCUT2D eigenvalue weighted by Crippen LogP contribution is -2.40. The van der Waals surface area contributed by atoms with Crippen LogP contribution in [0.25, 0.3) is 22.2 Å². The second-order valence-corrected chi connectivity index (χ2v) is 11.6. The standard InChI is InChI=1S/C29H25ClN6O5S/c1-42(39,40)35-27-16-26-23(17-32-27)22(28(37)34-31)15-25(33-26)20-6-3-18(4-7-20)2-5-19-8-9-21(14-24(19)30)29(38)36-10-12-41-13-11-36/h3-4,6-9,14-17H,10-13,31H2,1H3,(H,32,35)(H,34,37). The summed E-state index contributed by atoms with van der Waals surface area (Å²) in [6.07, 6.45) is 2.37. The van der Waals surface area contributed by atoms with Gasteiger partial charge in [0.25, 0.3) is 11.8 Å². The molecule has 2 amide bonds. The van der Waals surface area contributed by atoms with E-state index in [2.05, 4.69) is 32.0 Å². The number of nitrogens with zero attached hydrogens (tertiary/aromatic N) is 3. The number of anilines is 1. The summed E-state index contributed by atoms with van der Waals surface area (Å²) in [6.45, 7) is 2.13. The van der Waals surface area contributed by atoms with Crippen LogP contribution in [-0.2, 0) is 14.8 Å². The van der Waals surface area contributed by atoms with E-state index in [0.717, 1.165) is 6.26 Å². The number of carbonyl (C=O) groups is 2. The lowest BCUT2D eigenvalue weighted by molar-refractivity contribution is 0.0303. The second kappa shape index (κ2) is 12.1. The molecule has 1 aliphatic heterocycles. The minimum absolute atomic E-state index is 0.0662. The van der Waals surface area contributed by atoms with Crippen molar-refractivity contribution in [3.8, 4) is 23.1 Å². The number of benzene rings is 2. The van der Waals surface area contributed by atoms with E-state index >= 15 is 0 Å². The van der Waals surface area contributed by atoms with Crippen molar-refractivity contribution < 1.29 is 22.7 Å².